The van der Waals surface area contributed by atoms with Crippen molar-refractivity contribution in [2.24, 2.45) is 14.1 Å². The third-order valence-corrected chi connectivity index (χ3v) is 7.03. The second-order valence-electron chi connectivity index (χ2n) is 6.96. The highest BCUT2D eigenvalue weighted by molar-refractivity contribution is 7.89. The van der Waals surface area contributed by atoms with Crippen LogP contribution in [0.4, 0.5) is 0 Å². The Morgan fingerprint density at radius 1 is 0.966 bits per heavy atom. The van der Waals surface area contributed by atoms with Gasteiger partial charge < -0.3 is 4.74 Å². The lowest BCUT2D eigenvalue weighted by Gasteiger charge is -2.34. The summed E-state index contributed by atoms with van der Waals surface area (Å²) in [4.78, 5) is 26.2. The van der Waals surface area contributed by atoms with E-state index in [0.29, 0.717) is 50.8 Å². The van der Waals surface area contributed by atoms with Crippen LogP contribution in [0.2, 0.25) is 0 Å². The molecule has 3 rings (SSSR count). The Morgan fingerprint density at radius 2 is 1.59 bits per heavy atom. The maximum Gasteiger partial charge on any atom is 0.330 e. The van der Waals surface area contributed by atoms with Crippen LogP contribution in [-0.4, -0.2) is 59.5 Å². The van der Waals surface area contributed by atoms with Gasteiger partial charge in [0.2, 0.25) is 10.0 Å². The first-order valence-corrected chi connectivity index (χ1v) is 10.9. The largest absolute Gasteiger partial charge is 0.494 e. The molecule has 0 aliphatic carbocycles. The van der Waals surface area contributed by atoms with Gasteiger partial charge in [0.25, 0.3) is 5.56 Å². The Hall–Kier alpha value is -2.43. The number of hydrogen-bond donors (Lipinski definition) is 0. The van der Waals surface area contributed by atoms with Crippen molar-refractivity contribution in [3.8, 4) is 5.75 Å². The van der Waals surface area contributed by atoms with E-state index in [-0.39, 0.29) is 16.1 Å². The Balaban J connectivity index is 1.67. The molecule has 1 aliphatic rings. The molecule has 0 N–H and O–H groups in total. The number of aromatic nitrogens is 2. The van der Waals surface area contributed by atoms with Gasteiger partial charge in [-0.1, -0.05) is 0 Å². The molecular formula is C19H26N4O5S. The Bertz CT molecular complexity index is 1080. The zero-order valence-electron chi connectivity index (χ0n) is 16.9. The van der Waals surface area contributed by atoms with Crippen LogP contribution in [0, 0.1) is 0 Å². The van der Waals surface area contributed by atoms with Gasteiger partial charge in [-0.25, -0.2) is 13.2 Å². The zero-order valence-corrected chi connectivity index (χ0v) is 17.7. The standard InChI is InChI=1S/C19H26N4O5S/c1-4-28-16-5-7-17(8-6-16)29(26,27)23-11-9-22(10-12-23)14-15-13-18(24)21(3)19(25)20(15)2/h5-8,13H,4,9-12,14H2,1-3H3. The van der Waals surface area contributed by atoms with Crippen molar-refractivity contribution in [1.82, 2.24) is 18.3 Å². The highest BCUT2D eigenvalue weighted by Gasteiger charge is 2.28. The molecule has 0 bridgehead atoms. The van der Waals surface area contributed by atoms with Crippen LogP contribution in [0.5, 0.6) is 5.75 Å². The second kappa shape index (κ2) is 8.52. The molecule has 1 aromatic carbocycles. The predicted octanol–water partition coefficient (Wildman–Crippen LogP) is -0.0108. The minimum absolute atomic E-state index is 0.239. The van der Waals surface area contributed by atoms with Crippen LogP contribution in [0.15, 0.2) is 44.8 Å². The van der Waals surface area contributed by atoms with E-state index in [2.05, 4.69) is 0 Å². The fourth-order valence-electron chi connectivity index (χ4n) is 3.31. The number of nitrogens with zero attached hydrogens (tertiary/aromatic N) is 4. The first kappa shape index (κ1) is 21.3. The summed E-state index contributed by atoms with van der Waals surface area (Å²) in [6.07, 6.45) is 0. The highest BCUT2D eigenvalue weighted by atomic mass is 32.2. The Labute approximate surface area is 169 Å². The van der Waals surface area contributed by atoms with Gasteiger partial charge in [0, 0.05) is 58.6 Å². The molecule has 0 spiro atoms. The summed E-state index contributed by atoms with van der Waals surface area (Å²) in [6.45, 7) is 4.52. The van der Waals surface area contributed by atoms with Crippen molar-refractivity contribution in [2.45, 2.75) is 18.4 Å². The summed E-state index contributed by atoms with van der Waals surface area (Å²) in [7, 11) is -0.503. The molecule has 0 unspecified atom stereocenters. The van der Waals surface area contributed by atoms with E-state index in [1.807, 2.05) is 11.8 Å². The van der Waals surface area contributed by atoms with E-state index in [4.69, 9.17) is 4.74 Å². The molecular weight excluding hydrogens is 396 g/mol. The molecule has 1 saturated heterocycles. The summed E-state index contributed by atoms with van der Waals surface area (Å²) in [5.41, 5.74) is -0.107. The van der Waals surface area contributed by atoms with Crippen LogP contribution < -0.4 is 16.0 Å². The van der Waals surface area contributed by atoms with E-state index in [0.717, 1.165) is 4.57 Å². The summed E-state index contributed by atoms with van der Waals surface area (Å²) in [5, 5.41) is 0. The molecule has 0 atom stereocenters. The van der Waals surface area contributed by atoms with Crippen molar-refractivity contribution >= 4 is 10.0 Å². The third-order valence-electron chi connectivity index (χ3n) is 5.11. The fourth-order valence-corrected chi connectivity index (χ4v) is 4.73. The molecule has 2 aromatic rings. The lowest BCUT2D eigenvalue weighted by Crippen LogP contribution is -2.49. The van der Waals surface area contributed by atoms with Crippen LogP contribution >= 0.6 is 0 Å². The monoisotopic (exact) mass is 422 g/mol. The van der Waals surface area contributed by atoms with Crippen LogP contribution in [0.1, 0.15) is 12.6 Å². The van der Waals surface area contributed by atoms with Gasteiger partial charge in [-0.05, 0) is 31.2 Å². The van der Waals surface area contributed by atoms with Crippen molar-refractivity contribution in [2.75, 3.05) is 32.8 Å². The molecule has 1 fully saturated rings. The third kappa shape index (κ3) is 4.44. The van der Waals surface area contributed by atoms with E-state index in [1.54, 1.807) is 31.3 Å². The van der Waals surface area contributed by atoms with E-state index in [9.17, 15) is 18.0 Å². The Kier molecular flexibility index (Phi) is 6.25. The maximum absolute atomic E-state index is 12.9. The average molecular weight is 423 g/mol. The lowest BCUT2D eigenvalue weighted by atomic mass is 10.3. The van der Waals surface area contributed by atoms with Gasteiger partial charge in [-0.15, -0.1) is 0 Å². The fraction of sp³-hybridized carbons (Fsp3) is 0.474. The average Bonchev–Trinajstić information content (AvgIpc) is 2.71. The van der Waals surface area contributed by atoms with Crippen LogP contribution in [0.25, 0.3) is 0 Å². The normalized spacial score (nSPS) is 16.1. The predicted molar refractivity (Wildman–Crippen MR) is 109 cm³/mol. The number of sulfonamides is 1. The van der Waals surface area contributed by atoms with Gasteiger partial charge >= 0.3 is 5.69 Å². The van der Waals surface area contributed by atoms with E-state index < -0.39 is 10.0 Å². The van der Waals surface area contributed by atoms with E-state index in [1.165, 1.54) is 22.0 Å². The maximum atomic E-state index is 12.9. The van der Waals surface area contributed by atoms with Crippen molar-refractivity contribution < 1.29 is 13.2 Å². The molecule has 29 heavy (non-hydrogen) atoms. The van der Waals surface area contributed by atoms with Gasteiger partial charge in [0.1, 0.15) is 5.75 Å². The first-order valence-electron chi connectivity index (χ1n) is 9.45. The SMILES string of the molecule is CCOc1ccc(S(=O)(=O)N2CCN(Cc3cc(=O)n(C)c(=O)n3C)CC2)cc1. The minimum Gasteiger partial charge on any atom is -0.494 e. The Morgan fingerprint density at radius 3 is 2.17 bits per heavy atom. The highest BCUT2D eigenvalue weighted by Crippen LogP contribution is 2.21. The molecule has 158 valence electrons. The first-order chi connectivity index (χ1) is 13.7. The summed E-state index contributed by atoms with van der Waals surface area (Å²) in [5.74, 6) is 0.635. The number of hydrogen-bond acceptors (Lipinski definition) is 6. The summed E-state index contributed by atoms with van der Waals surface area (Å²) >= 11 is 0. The van der Waals surface area contributed by atoms with Gasteiger partial charge in [-0.3, -0.25) is 18.8 Å². The molecule has 1 aromatic heterocycles. The summed E-state index contributed by atoms with van der Waals surface area (Å²) in [6, 6.07) is 7.88. The van der Waals surface area contributed by atoms with E-state index >= 15 is 0 Å². The van der Waals surface area contributed by atoms with Gasteiger partial charge in [0.15, 0.2) is 0 Å². The van der Waals surface area contributed by atoms with Crippen molar-refractivity contribution in [3.63, 3.8) is 0 Å². The van der Waals surface area contributed by atoms with Gasteiger partial charge in [-0.2, -0.15) is 4.31 Å². The quantitative estimate of drug-likeness (QED) is 0.650. The molecule has 0 radical (unpaired) electrons. The molecule has 1 aliphatic heterocycles. The topological polar surface area (TPSA) is 93.9 Å². The number of piperazine rings is 1. The molecule has 0 amide bonds. The lowest BCUT2D eigenvalue weighted by molar-refractivity contribution is 0.177. The molecule has 10 heteroatoms. The van der Waals surface area contributed by atoms with Crippen LogP contribution in [-0.2, 0) is 30.7 Å². The minimum atomic E-state index is -3.57. The van der Waals surface area contributed by atoms with Crippen LogP contribution in [0.3, 0.4) is 0 Å². The van der Waals surface area contributed by atoms with Crippen molar-refractivity contribution in [3.05, 3.63) is 56.9 Å². The number of ether oxygens (including phenoxy) is 1. The molecule has 9 nitrogen and oxygen atoms in total. The molecule has 0 saturated carbocycles. The smallest absolute Gasteiger partial charge is 0.330 e. The van der Waals surface area contributed by atoms with Gasteiger partial charge in [0.05, 0.1) is 11.5 Å². The number of rotatable bonds is 6. The zero-order chi connectivity index (χ0) is 21.2. The second-order valence-corrected chi connectivity index (χ2v) is 8.90. The summed E-state index contributed by atoms with van der Waals surface area (Å²) < 4.78 is 35.1. The molecule has 2 heterocycles. The van der Waals surface area contributed by atoms with Crippen molar-refractivity contribution in [1.29, 1.82) is 0 Å². The number of benzene rings is 1.